The summed E-state index contributed by atoms with van der Waals surface area (Å²) in [6, 6.07) is 8.82. The Hall–Kier alpha value is -1.85. The smallest absolute Gasteiger partial charge is 0.323 e. The second-order valence-corrected chi connectivity index (χ2v) is 5.02. The Balaban J connectivity index is 2.26. The molecule has 1 atom stereocenters. The van der Waals surface area contributed by atoms with Crippen LogP contribution in [0.4, 0.5) is 0 Å². The summed E-state index contributed by atoms with van der Waals surface area (Å²) in [5, 5.41) is 4.89. The summed E-state index contributed by atoms with van der Waals surface area (Å²) in [5.74, 6) is -0.430. The van der Waals surface area contributed by atoms with Crippen molar-refractivity contribution in [2.24, 2.45) is 5.73 Å². The quantitative estimate of drug-likeness (QED) is 0.860. The number of nitrogens with zero attached hydrogens (tertiary/aromatic N) is 2. The molecule has 1 aromatic heterocycles. The molecule has 0 saturated heterocycles. The zero-order chi connectivity index (χ0) is 15.4. The monoisotopic (exact) mass is 307 g/mol. The predicted octanol–water partition coefficient (Wildman–Crippen LogP) is 2.27. The normalized spacial score (nSPS) is 12.2. The first kappa shape index (κ1) is 15.5. The Morgan fingerprint density at radius 3 is 2.71 bits per heavy atom. The average Bonchev–Trinajstić information content (AvgIpc) is 2.76. The van der Waals surface area contributed by atoms with Gasteiger partial charge in [0.25, 0.3) is 0 Å². The van der Waals surface area contributed by atoms with E-state index in [0.29, 0.717) is 18.2 Å². The van der Waals surface area contributed by atoms with Crippen LogP contribution in [0.1, 0.15) is 18.2 Å². The first-order valence-electron chi connectivity index (χ1n) is 6.76. The highest BCUT2D eigenvalue weighted by Gasteiger charge is 2.21. The van der Waals surface area contributed by atoms with Gasteiger partial charge in [-0.1, -0.05) is 29.8 Å². The fourth-order valence-electron chi connectivity index (χ4n) is 2.06. The van der Waals surface area contributed by atoms with Crippen LogP contribution in [0.2, 0.25) is 5.15 Å². The minimum Gasteiger partial charge on any atom is -0.465 e. The molecule has 112 valence electrons. The Morgan fingerprint density at radius 2 is 2.10 bits per heavy atom. The van der Waals surface area contributed by atoms with Crippen LogP contribution in [-0.2, 0) is 16.0 Å². The van der Waals surface area contributed by atoms with Crippen LogP contribution in [0.3, 0.4) is 0 Å². The fraction of sp³-hybridized carbons (Fsp3) is 0.333. The number of carbonyl (C=O) groups is 1. The van der Waals surface area contributed by atoms with Crippen molar-refractivity contribution in [1.82, 2.24) is 9.78 Å². The molecule has 0 aliphatic heterocycles. The molecule has 0 radical (unpaired) electrons. The van der Waals surface area contributed by atoms with Crippen molar-refractivity contribution >= 4 is 17.6 Å². The van der Waals surface area contributed by atoms with E-state index in [0.717, 1.165) is 16.9 Å². The second kappa shape index (κ2) is 6.74. The van der Waals surface area contributed by atoms with Crippen molar-refractivity contribution in [3.05, 3.63) is 46.7 Å². The van der Waals surface area contributed by atoms with Gasteiger partial charge < -0.3 is 10.5 Å². The van der Waals surface area contributed by atoms with Gasteiger partial charge in [0.2, 0.25) is 0 Å². The first-order valence-corrected chi connectivity index (χ1v) is 7.14. The molecule has 0 amide bonds. The van der Waals surface area contributed by atoms with Crippen LogP contribution in [-0.4, -0.2) is 28.4 Å². The second-order valence-electron chi connectivity index (χ2n) is 4.66. The maximum absolute atomic E-state index is 11.6. The summed E-state index contributed by atoms with van der Waals surface area (Å²) >= 11 is 6.38. The third-order valence-corrected chi connectivity index (χ3v) is 3.52. The Labute approximate surface area is 128 Å². The van der Waals surface area contributed by atoms with Crippen LogP contribution in [0.15, 0.2) is 30.3 Å². The Morgan fingerprint density at radius 1 is 1.43 bits per heavy atom. The Kier molecular flexibility index (Phi) is 4.98. The van der Waals surface area contributed by atoms with Gasteiger partial charge in [-0.15, -0.1) is 0 Å². The lowest BCUT2D eigenvalue weighted by Crippen LogP contribution is -2.34. The largest absolute Gasteiger partial charge is 0.465 e. The van der Waals surface area contributed by atoms with E-state index in [1.807, 2.05) is 37.3 Å². The van der Waals surface area contributed by atoms with Crippen molar-refractivity contribution in [3.63, 3.8) is 0 Å². The van der Waals surface area contributed by atoms with E-state index in [1.165, 1.54) is 0 Å². The summed E-state index contributed by atoms with van der Waals surface area (Å²) in [6.07, 6.45) is 0.302. The standard InChI is InChI=1S/C15H18ClN3O2/c1-3-21-15(20)13(17)9-12-10(2)18-19(14(12)16)11-7-5-4-6-8-11/h4-8,13H,3,9,17H2,1-2H3. The van der Waals surface area contributed by atoms with E-state index >= 15 is 0 Å². The summed E-state index contributed by atoms with van der Waals surface area (Å²) in [4.78, 5) is 11.6. The van der Waals surface area contributed by atoms with Crippen LogP contribution in [0.25, 0.3) is 5.69 Å². The highest BCUT2D eigenvalue weighted by atomic mass is 35.5. The molecule has 0 spiro atoms. The van der Waals surface area contributed by atoms with Gasteiger partial charge in [0.05, 0.1) is 18.0 Å². The summed E-state index contributed by atoms with van der Waals surface area (Å²) < 4.78 is 6.56. The van der Waals surface area contributed by atoms with E-state index in [2.05, 4.69) is 5.10 Å². The molecule has 1 aromatic carbocycles. The number of carbonyl (C=O) groups excluding carboxylic acids is 1. The summed E-state index contributed by atoms with van der Waals surface area (Å²) in [6.45, 7) is 3.90. The van der Waals surface area contributed by atoms with Gasteiger partial charge in [-0.05, 0) is 26.0 Å². The molecule has 0 aliphatic rings. The molecule has 1 unspecified atom stereocenters. The average molecular weight is 308 g/mol. The van der Waals surface area contributed by atoms with Gasteiger partial charge in [-0.25, -0.2) is 4.68 Å². The number of ether oxygens (including phenoxy) is 1. The molecule has 2 N–H and O–H groups in total. The van der Waals surface area contributed by atoms with Gasteiger partial charge in [0, 0.05) is 12.0 Å². The number of aromatic nitrogens is 2. The van der Waals surface area contributed by atoms with Crippen molar-refractivity contribution in [2.45, 2.75) is 26.3 Å². The number of para-hydroxylation sites is 1. The minimum absolute atomic E-state index is 0.302. The van der Waals surface area contributed by atoms with Crippen LogP contribution < -0.4 is 5.73 Å². The van der Waals surface area contributed by atoms with Crippen LogP contribution >= 0.6 is 11.6 Å². The number of halogens is 1. The highest BCUT2D eigenvalue weighted by Crippen LogP contribution is 2.24. The molecule has 21 heavy (non-hydrogen) atoms. The van der Waals surface area contributed by atoms with Gasteiger partial charge >= 0.3 is 5.97 Å². The zero-order valence-electron chi connectivity index (χ0n) is 12.0. The molecule has 5 nitrogen and oxygen atoms in total. The number of hydrogen-bond acceptors (Lipinski definition) is 4. The predicted molar refractivity (Wildman–Crippen MR) is 81.6 cm³/mol. The highest BCUT2D eigenvalue weighted by molar-refractivity contribution is 6.30. The minimum atomic E-state index is -0.741. The van der Waals surface area contributed by atoms with Crippen LogP contribution in [0.5, 0.6) is 0 Å². The maximum atomic E-state index is 11.6. The van der Waals surface area contributed by atoms with Crippen molar-refractivity contribution in [1.29, 1.82) is 0 Å². The molecule has 0 bridgehead atoms. The van der Waals surface area contributed by atoms with E-state index in [-0.39, 0.29) is 0 Å². The third kappa shape index (κ3) is 3.43. The van der Waals surface area contributed by atoms with Crippen LogP contribution in [0, 0.1) is 6.92 Å². The Bertz CT molecular complexity index is 625. The summed E-state index contributed by atoms with van der Waals surface area (Å²) in [7, 11) is 0. The van der Waals surface area contributed by atoms with E-state index in [4.69, 9.17) is 22.1 Å². The molecule has 0 fully saturated rings. The van der Waals surface area contributed by atoms with Crippen molar-refractivity contribution in [3.8, 4) is 5.69 Å². The number of hydrogen-bond donors (Lipinski definition) is 1. The van der Waals surface area contributed by atoms with E-state index < -0.39 is 12.0 Å². The number of aryl methyl sites for hydroxylation is 1. The molecule has 2 aromatic rings. The molecule has 1 heterocycles. The first-order chi connectivity index (χ1) is 10.0. The number of rotatable bonds is 5. The molecule has 0 aliphatic carbocycles. The molecule has 6 heteroatoms. The SMILES string of the molecule is CCOC(=O)C(N)Cc1c(C)nn(-c2ccccc2)c1Cl. The molecule has 0 saturated carbocycles. The van der Waals surface area contributed by atoms with Gasteiger partial charge in [0.15, 0.2) is 0 Å². The third-order valence-electron chi connectivity index (χ3n) is 3.14. The van der Waals surface area contributed by atoms with E-state index in [9.17, 15) is 4.79 Å². The molecular weight excluding hydrogens is 290 g/mol. The summed E-state index contributed by atoms with van der Waals surface area (Å²) in [5.41, 5.74) is 8.23. The van der Waals surface area contributed by atoms with Gasteiger partial charge in [0.1, 0.15) is 11.2 Å². The van der Waals surface area contributed by atoms with Gasteiger partial charge in [-0.2, -0.15) is 5.10 Å². The lowest BCUT2D eigenvalue weighted by Gasteiger charge is -2.10. The number of benzene rings is 1. The number of nitrogens with two attached hydrogens (primary N) is 1. The molecule has 2 rings (SSSR count). The fourth-order valence-corrected chi connectivity index (χ4v) is 2.41. The van der Waals surface area contributed by atoms with Gasteiger partial charge in [-0.3, -0.25) is 4.79 Å². The topological polar surface area (TPSA) is 70.1 Å². The van der Waals surface area contributed by atoms with Crippen molar-refractivity contribution in [2.75, 3.05) is 6.61 Å². The lowest BCUT2D eigenvalue weighted by atomic mass is 10.1. The van der Waals surface area contributed by atoms with E-state index in [1.54, 1.807) is 11.6 Å². The van der Waals surface area contributed by atoms with Crippen molar-refractivity contribution < 1.29 is 9.53 Å². The number of esters is 1. The lowest BCUT2D eigenvalue weighted by molar-refractivity contribution is -0.144. The maximum Gasteiger partial charge on any atom is 0.323 e. The zero-order valence-corrected chi connectivity index (χ0v) is 12.8. The molecular formula is C15H18ClN3O2.